The lowest BCUT2D eigenvalue weighted by Gasteiger charge is -2.21. The average Bonchev–Trinajstić information content (AvgIpc) is 3.67. The normalized spacial score (nSPS) is 19.2. The summed E-state index contributed by atoms with van der Waals surface area (Å²) in [6, 6.07) is 10.4. The molecule has 2 aliphatic rings. The van der Waals surface area contributed by atoms with Gasteiger partial charge in [0.2, 0.25) is 0 Å². The van der Waals surface area contributed by atoms with Crippen LogP contribution >= 0.6 is 0 Å². The van der Waals surface area contributed by atoms with Crippen molar-refractivity contribution in [3.8, 4) is 5.69 Å². The monoisotopic (exact) mass is 486 g/mol. The molecule has 182 valence electrons. The van der Waals surface area contributed by atoms with Crippen LogP contribution < -0.4 is 0 Å². The van der Waals surface area contributed by atoms with Gasteiger partial charge in [-0.1, -0.05) is 23.4 Å². The zero-order valence-corrected chi connectivity index (χ0v) is 19.5. The van der Waals surface area contributed by atoms with Crippen molar-refractivity contribution in [2.24, 2.45) is 11.8 Å². The van der Waals surface area contributed by atoms with Gasteiger partial charge in [0.15, 0.2) is 0 Å². The number of Topliss-reactive ketones (excluding diaryl/α,β-unsaturated/α-hetero) is 1. The second-order valence-corrected chi connectivity index (χ2v) is 9.46. The first-order valence-electron chi connectivity index (χ1n) is 11.8. The zero-order valence-electron chi connectivity index (χ0n) is 19.5. The van der Waals surface area contributed by atoms with E-state index in [1.165, 1.54) is 28.0 Å². The van der Waals surface area contributed by atoms with E-state index in [0.29, 0.717) is 48.5 Å². The van der Waals surface area contributed by atoms with Crippen LogP contribution in [0.5, 0.6) is 0 Å². The lowest BCUT2D eigenvalue weighted by molar-refractivity contribution is -0.125. The molecule has 2 saturated heterocycles. The highest BCUT2D eigenvalue weighted by Crippen LogP contribution is 2.34. The van der Waals surface area contributed by atoms with Gasteiger partial charge in [0.25, 0.3) is 17.6 Å². The van der Waals surface area contributed by atoms with E-state index in [4.69, 9.17) is 0 Å². The van der Waals surface area contributed by atoms with Crippen molar-refractivity contribution in [3.05, 3.63) is 77.5 Å². The molecule has 4 heterocycles. The minimum Gasteiger partial charge on any atom is -0.359 e. The van der Waals surface area contributed by atoms with Gasteiger partial charge in [-0.2, -0.15) is 0 Å². The van der Waals surface area contributed by atoms with Gasteiger partial charge in [0, 0.05) is 55.2 Å². The van der Waals surface area contributed by atoms with E-state index in [9.17, 15) is 14.4 Å². The van der Waals surface area contributed by atoms with Crippen molar-refractivity contribution in [2.75, 3.05) is 26.2 Å². The van der Waals surface area contributed by atoms with Gasteiger partial charge in [-0.15, -0.1) is 5.10 Å². The predicted octanol–water partition coefficient (Wildman–Crippen LogP) is 2.61. The van der Waals surface area contributed by atoms with Crippen molar-refractivity contribution < 1.29 is 18.8 Å². The molecule has 0 radical (unpaired) electrons. The summed E-state index contributed by atoms with van der Waals surface area (Å²) in [6.07, 6.45) is 4.51. The van der Waals surface area contributed by atoms with Crippen LogP contribution in [0.25, 0.3) is 16.6 Å². The van der Waals surface area contributed by atoms with E-state index >= 15 is 4.39 Å². The highest BCUT2D eigenvalue weighted by Gasteiger charge is 2.44. The predicted molar refractivity (Wildman–Crippen MR) is 128 cm³/mol. The van der Waals surface area contributed by atoms with Gasteiger partial charge in [-0.05, 0) is 30.7 Å². The van der Waals surface area contributed by atoms with Gasteiger partial charge in [-0.3, -0.25) is 14.4 Å². The number of ketones is 1. The number of fused-ring (bicyclic) bond motifs is 2. The summed E-state index contributed by atoms with van der Waals surface area (Å²) in [6.45, 7) is 3.60. The summed E-state index contributed by atoms with van der Waals surface area (Å²) in [5.41, 5.74) is 2.19. The standard InChI is InChI=1S/C26H23FN6O3/c1-15-9-20(27)21-19(10-28-22(21)23(15)33-8-7-29-30-33)24(34)26(36)32-13-17-11-31(12-18(17)14-32)25(35)16-5-3-2-4-6-16/h2-10,17-18,28H,11-14H2,1H3. The lowest BCUT2D eigenvalue weighted by Crippen LogP contribution is -2.38. The highest BCUT2D eigenvalue weighted by atomic mass is 19.1. The fraction of sp³-hybridized carbons (Fsp3) is 0.269. The number of nitrogens with zero attached hydrogens (tertiary/aromatic N) is 5. The van der Waals surface area contributed by atoms with Crippen molar-refractivity contribution in [3.63, 3.8) is 0 Å². The summed E-state index contributed by atoms with van der Waals surface area (Å²) in [7, 11) is 0. The number of hydrogen-bond acceptors (Lipinski definition) is 5. The fourth-order valence-electron chi connectivity index (χ4n) is 5.53. The number of aromatic nitrogens is 4. The molecule has 0 bridgehead atoms. The number of amides is 2. The maximum Gasteiger partial charge on any atom is 0.295 e. The number of benzene rings is 2. The van der Waals surface area contributed by atoms with E-state index in [1.54, 1.807) is 25.3 Å². The molecule has 2 amide bonds. The second kappa shape index (κ2) is 8.40. The van der Waals surface area contributed by atoms with E-state index in [2.05, 4.69) is 15.3 Å². The number of aryl methyl sites for hydroxylation is 1. The van der Waals surface area contributed by atoms with Crippen LogP contribution in [0.2, 0.25) is 0 Å². The molecule has 2 aromatic carbocycles. The Morgan fingerprint density at radius 3 is 2.39 bits per heavy atom. The molecule has 4 aromatic rings. The molecule has 2 fully saturated rings. The molecule has 9 nitrogen and oxygen atoms in total. The van der Waals surface area contributed by atoms with Crippen LogP contribution in [0.1, 0.15) is 26.3 Å². The number of rotatable bonds is 4. The van der Waals surface area contributed by atoms with Crippen LogP contribution in [0.3, 0.4) is 0 Å². The zero-order chi connectivity index (χ0) is 25.0. The number of halogens is 1. The second-order valence-electron chi connectivity index (χ2n) is 9.46. The molecule has 0 saturated carbocycles. The largest absolute Gasteiger partial charge is 0.359 e. The average molecular weight is 487 g/mol. The third-order valence-corrected chi connectivity index (χ3v) is 7.24. The number of carbonyl (C=O) groups excluding carboxylic acids is 3. The molecule has 1 N–H and O–H groups in total. The van der Waals surface area contributed by atoms with Gasteiger partial charge >= 0.3 is 0 Å². The number of aromatic amines is 1. The Hall–Kier alpha value is -4.34. The topological polar surface area (TPSA) is 104 Å². The number of H-pyrrole nitrogens is 1. The lowest BCUT2D eigenvalue weighted by atomic mass is 10.0. The Morgan fingerprint density at radius 1 is 1.03 bits per heavy atom. The summed E-state index contributed by atoms with van der Waals surface area (Å²) < 4.78 is 16.5. The summed E-state index contributed by atoms with van der Waals surface area (Å²) in [5.74, 6) is -1.81. The first kappa shape index (κ1) is 22.1. The Balaban J connectivity index is 1.21. The number of carbonyl (C=O) groups is 3. The van der Waals surface area contributed by atoms with Crippen molar-refractivity contribution in [1.29, 1.82) is 0 Å². The number of hydrogen-bond donors (Lipinski definition) is 1. The van der Waals surface area contributed by atoms with E-state index < -0.39 is 17.5 Å². The van der Waals surface area contributed by atoms with Gasteiger partial charge < -0.3 is 14.8 Å². The van der Waals surface area contributed by atoms with Crippen LogP contribution in [0.4, 0.5) is 4.39 Å². The van der Waals surface area contributed by atoms with Crippen LogP contribution in [-0.4, -0.2) is 73.6 Å². The maximum absolute atomic E-state index is 15.0. The molecule has 0 aliphatic carbocycles. The van der Waals surface area contributed by atoms with Crippen LogP contribution in [-0.2, 0) is 4.79 Å². The molecule has 2 atom stereocenters. The quantitative estimate of drug-likeness (QED) is 0.353. The van der Waals surface area contributed by atoms with E-state index in [1.807, 2.05) is 23.1 Å². The van der Waals surface area contributed by atoms with Crippen molar-refractivity contribution in [2.45, 2.75) is 6.92 Å². The third kappa shape index (κ3) is 3.48. The Kier molecular flexibility index (Phi) is 5.17. The summed E-state index contributed by atoms with van der Waals surface area (Å²) in [5, 5.41) is 7.85. The van der Waals surface area contributed by atoms with Gasteiger partial charge in [0.1, 0.15) is 5.82 Å². The molecule has 6 rings (SSSR count). The number of likely N-dealkylation sites (tertiary alicyclic amines) is 2. The van der Waals surface area contributed by atoms with Gasteiger partial charge in [0.05, 0.1) is 29.2 Å². The summed E-state index contributed by atoms with van der Waals surface area (Å²) >= 11 is 0. The SMILES string of the molecule is Cc1cc(F)c2c(C(=O)C(=O)N3CC4CN(C(=O)c5ccccc5)CC4C3)c[nH]c2c1-n1ccnn1. The number of nitrogens with one attached hydrogen (secondary N) is 1. The van der Waals surface area contributed by atoms with Crippen molar-refractivity contribution in [1.82, 2.24) is 29.8 Å². The van der Waals surface area contributed by atoms with Gasteiger partial charge in [-0.25, -0.2) is 9.07 Å². The van der Waals surface area contributed by atoms with E-state index in [0.717, 1.165) is 0 Å². The summed E-state index contributed by atoms with van der Waals surface area (Å²) in [4.78, 5) is 45.5. The Bertz CT molecular complexity index is 1480. The first-order chi connectivity index (χ1) is 17.4. The van der Waals surface area contributed by atoms with E-state index in [-0.39, 0.29) is 28.7 Å². The van der Waals surface area contributed by atoms with Crippen molar-refractivity contribution >= 4 is 28.5 Å². The molecular formula is C26H23FN6O3. The molecule has 0 spiro atoms. The molecule has 2 aliphatic heterocycles. The van der Waals surface area contributed by atoms with Crippen LogP contribution in [0, 0.1) is 24.6 Å². The van der Waals surface area contributed by atoms with Crippen LogP contribution in [0.15, 0.2) is 55.0 Å². The molecule has 36 heavy (non-hydrogen) atoms. The maximum atomic E-state index is 15.0. The Morgan fingerprint density at radius 2 is 1.72 bits per heavy atom. The fourth-order valence-corrected chi connectivity index (χ4v) is 5.53. The highest BCUT2D eigenvalue weighted by molar-refractivity contribution is 6.45. The first-order valence-corrected chi connectivity index (χ1v) is 11.8. The smallest absolute Gasteiger partial charge is 0.295 e. The third-order valence-electron chi connectivity index (χ3n) is 7.24. The minimum atomic E-state index is -0.759. The minimum absolute atomic E-state index is 0.00759. The molecule has 10 heteroatoms. The molecule has 2 unspecified atom stereocenters. The molecular weight excluding hydrogens is 463 g/mol. The molecule has 2 aromatic heterocycles. The Labute approximate surface area is 205 Å².